The molecule has 2 spiro atoms. The number of rotatable bonds is 7. The maximum absolute atomic E-state index is 4.28. The van der Waals surface area contributed by atoms with Gasteiger partial charge in [-0.15, -0.1) is 16.5 Å². The minimum atomic E-state index is 0.298. The second-order valence-electron chi connectivity index (χ2n) is 10.4. The Kier molecular flexibility index (Phi) is 3.71. The molecule has 5 saturated carbocycles. The third-order valence-electron chi connectivity index (χ3n) is 9.00. The summed E-state index contributed by atoms with van der Waals surface area (Å²) in [6, 6.07) is 0. The van der Waals surface area contributed by atoms with Gasteiger partial charge in [0.05, 0.1) is 0 Å². The highest BCUT2D eigenvalue weighted by atomic mass is 31.1. The number of fused-ring (bicyclic) bond motifs is 1. The molecule has 0 saturated heterocycles. The second kappa shape index (κ2) is 5.32. The molecule has 4 unspecified atom stereocenters. The Balaban J connectivity index is 1.16. The highest BCUT2D eigenvalue weighted by Gasteiger charge is 2.73. The predicted octanol–water partition coefficient (Wildman–Crippen LogP) is 6.78. The van der Waals surface area contributed by atoms with Crippen molar-refractivity contribution in [2.75, 3.05) is 19.0 Å². The lowest BCUT2D eigenvalue weighted by Crippen LogP contribution is -2.41. The molecule has 0 amide bonds. The Labute approximate surface area is 152 Å². The predicted molar refractivity (Wildman–Crippen MR) is 110 cm³/mol. The van der Waals surface area contributed by atoms with Crippen molar-refractivity contribution in [2.45, 2.75) is 87.9 Å². The van der Waals surface area contributed by atoms with Crippen LogP contribution in [0.5, 0.6) is 0 Å². The maximum atomic E-state index is 4.28. The minimum absolute atomic E-state index is 0.298. The van der Waals surface area contributed by atoms with Crippen LogP contribution in [0.1, 0.15) is 77.6 Å². The molecule has 0 aromatic carbocycles. The number of allylic oxidation sites excluding steroid dienone is 1. The monoisotopic (exact) mass is 362 g/mol. The van der Waals surface area contributed by atoms with E-state index in [9.17, 15) is 0 Å². The van der Waals surface area contributed by atoms with E-state index in [0.29, 0.717) is 13.3 Å². The van der Waals surface area contributed by atoms with E-state index in [2.05, 4.69) is 20.2 Å². The minimum Gasteiger partial charge on any atom is -0.115 e. The van der Waals surface area contributed by atoms with Crippen LogP contribution in [0.2, 0.25) is 0 Å². The highest BCUT2D eigenvalue weighted by molar-refractivity contribution is 7.59. The van der Waals surface area contributed by atoms with Gasteiger partial charge in [0, 0.05) is 0 Å². The Hall–Kier alpha value is 0.600. The molecule has 0 heterocycles. The van der Waals surface area contributed by atoms with E-state index in [1.54, 1.807) is 56.4 Å². The summed E-state index contributed by atoms with van der Waals surface area (Å²) in [6.07, 6.45) is 20.1. The van der Waals surface area contributed by atoms with Crippen molar-refractivity contribution in [3.05, 3.63) is 12.2 Å². The standard InChI is InChI=1S/C22H36P2/c1-4-7-21(14-19(15-21)11-17(19)2)23-9-10-24(3)22-13-18-6-5-8-20(22,12-18)16-22/h18,23H,2,4-16H2,1,3H3/t18?,19?,20?,21?,22?,24-/m0/s1. The van der Waals surface area contributed by atoms with Crippen molar-refractivity contribution < 1.29 is 0 Å². The number of hydrogen-bond acceptors (Lipinski definition) is 0. The van der Waals surface area contributed by atoms with Crippen LogP contribution in [0.4, 0.5) is 0 Å². The SMILES string of the molecule is C=C1CC12CC(CCC)(PCC[P@](C)C13CC4CCCC1(C4)C3)C2. The Morgan fingerprint density at radius 1 is 1.25 bits per heavy atom. The first kappa shape index (κ1) is 16.8. The molecule has 5 aliphatic rings. The summed E-state index contributed by atoms with van der Waals surface area (Å²) < 4.78 is 0. The largest absolute Gasteiger partial charge is 0.115 e. The summed E-state index contributed by atoms with van der Waals surface area (Å²) in [5, 5.41) is 1.65. The van der Waals surface area contributed by atoms with Crippen LogP contribution >= 0.6 is 16.5 Å². The van der Waals surface area contributed by atoms with Gasteiger partial charge in [-0.3, -0.25) is 0 Å². The van der Waals surface area contributed by atoms with E-state index in [4.69, 9.17) is 0 Å². The van der Waals surface area contributed by atoms with Crippen LogP contribution in [0, 0.1) is 16.7 Å². The molecule has 0 N–H and O–H groups in total. The van der Waals surface area contributed by atoms with Gasteiger partial charge in [-0.2, -0.15) is 0 Å². The van der Waals surface area contributed by atoms with E-state index in [-0.39, 0.29) is 0 Å². The molecule has 134 valence electrons. The average Bonchev–Trinajstić information content (AvgIpc) is 3.31. The van der Waals surface area contributed by atoms with Crippen molar-refractivity contribution in [3.63, 3.8) is 0 Å². The molecule has 5 aliphatic carbocycles. The molecule has 2 heteroatoms. The second-order valence-corrected chi connectivity index (χ2v) is 15.1. The van der Waals surface area contributed by atoms with E-state index in [1.807, 2.05) is 0 Å². The fourth-order valence-electron chi connectivity index (χ4n) is 7.78. The van der Waals surface area contributed by atoms with E-state index in [1.165, 1.54) is 40.7 Å². The van der Waals surface area contributed by atoms with Gasteiger partial charge in [-0.25, -0.2) is 0 Å². The van der Waals surface area contributed by atoms with Crippen LogP contribution in [-0.4, -0.2) is 29.3 Å². The lowest BCUT2D eigenvalue weighted by molar-refractivity contribution is 0.204. The van der Waals surface area contributed by atoms with E-state index < -0.39 is 0 Å². The topological polar surface area (TPSA) is 0 Å². The molecule has 5 atom stereocenters. The van der Waals surface area contributed by atoms with Crippen molar-refractivity contribution in [2.24, 2.45) is 16.7 Å². The van der Waals surface area contributed by atoms with Gasteiger partial charge >= 0.3 is 0 Å². The molecule has 0 nitrogen and oxygen atoms in total. The van der Waals surface area contributed by atoms with Gasteiger partial charge in [0.25, 0.3) is 0 Å². The first-order valence-electron chi connectivity index (χ1n) is 10.6. The molecule has 0 aromatic rings. The van der Waals surface area contributed by atoms with Crippen molar-refractivity contribution in [1.29, 1.82) is 0 Å². The van der Waals surface area contributed by atoms with Crippen molar-refractivity contribution in [1.82, 2.24) is 0 Å². The molecule has 0 aromatic heterocycles. The third kappa shape index (κ3) is 2.24. The third-order valence-corrected chi connectivity index (χ3v) is 14.4. The molecule has 5 fully saturated rings. The smallest absolute Gasteiger partial charge is 0.00317 e. The van der Waals surface area contributed by atoms with Crippen LogP contribution < -0.4 is 0 Å². The molecule has 5 rings (SSSR count). The summed E-state index contributed by atoms with van der Waals surface area (Å²) in [7, 11) is 1.55. The maximum Gasteiger partial charge on any atom is -0.00317 e. The molecule has 24 heavy (non-hydrogen) atoms. The first-order chi connectivity index (χ1) is 11.5. The van der Waals surface area contributed by atoms with Crippen molar-refractivity contribution >= 4 is 16.5 Å². The summed E-state index contributed by atoms with van der Waals surface area (Å²) in [6.45, 7) is 9.38. The van der Waals surface area contributed by atoms with E-state index >= 15 is 0 Å². The van der Waals surface area contributed by atoms with Gasteiger partial charge in [0.2, 0.25) is 0 Å². The summed E-state index contributed by atoms with van der Waals surface area (Å²) in [5.41, 5.74) is 3.14. The van der Waals surface area contributed by atoms with Gasteiger partial charge in [-0.1, -0.05) is 38.3 Å². The molecule has 2 bridgehead atoms. The summed E-state index contributed by atoms with van der Waals surface area (Å²) in [5.74, 6) is 1.14. The summed E-state index contributed by atoms with van der Waals surface area (Å²) >= 11 is 0. The zero-order chi connectivity index (χ0) is 16.6. The van der Waals surface area contributed by atoms with Crippen LogP contribution in [0.3, 0.4) is 0 Å². The van der Waals surface area contributed by atoms with Gasteiger partial charge < -0.3 is 0 Å². The Morgan fingerprint density at radius 2 is 2.04 bits per heavy atom. The molecule has 0 radical (unpaired) electrons. The van der Waals surface area contributed by atoms with Gasteiger partial charge in [0.15, 0.2) is 0 Å². The fraction of sp³-hybridized carbons (Fsp3) is 0.909. The molecular weight excluding hydrogens is 326 g/mol. The van der Waals surface area contributed by atoms with Crippen LogP contribution in [0.15, 0.2) is 12.2 Å². The Bertz CT molecular complexity index is 560. The zero-order valence-electron chi connectivity index (χ0n) is 15.9. The summed E-state index contributed by atoms with van der Waals surface area (Å²) in [4.78, 5) is 0. The zero-order valence-corrected chi connectivity index (χ0v) is 17.8. The van der Waals surface area contributed by atoms with Crippen molar-refractivity contribution in [3.8, 4) is 0 Å². The fourth-order valence-corrected chi connectivity index (χ4v) is 14.0. The molecule has 0 aliphatic heterocycles. The normalized spacial score (nSPS) is 52.6. The van der Waals surface area contributed by atoms with Gasteiger partial charge in [-0.05, 0) is 97.4 Å². The van der Waals surface area contributed by atoms with Crippen LogP contribution in [-0.2, 0) is 0 Å². The van der Waals surface area contributed by atoms with E-state index in [0.717, 1.165) is 21.6 Å². The first-order valence-corrected chi connectivity index (χ1v) is 13.8. The molecular formula is C22H36P2. The number of hydrogen-bond donors (Lipinski definition) is 0. The Morgan fingerprint density at radius 3 is 2.71 bits per heavy atom. The van der Waals surface area contributed by atoms with Crippen LogP contribution in [0.25, 0.3) is 0 Å². The highest BCUT2D eigenvalue weighted by Crippen LogP contribution is 2.84. The lowest BCUT2D eigenvalue weighted by atomic mass is 9.68. The van der Waals surface area contributed by atoms with Gasteiger partial charge in [0.1, 0.15) is 0 Å². The lowest BCUT2D eigenvalue weighted by Gasteiger charge is -2.49. The average molecular weight is 362 g/mol. The quantitative estimate of drug-likeness (QED) is 0.346.